The number of Topliss-reactive ketones (excluding diaryl/α,β-unsaturated/α-hetero) is 1. The van der Waals surface area contributed by atoms with Gasteiger partial charge in [0.1, 0.15) is 0 Å². The number of ether oxygens (including phenoxy) is 3. The highest BCUT2D eigenvalue weighted by Gasteiger charge is 2.36. The maximum Gasteiger partial charge on any atom is 0.247 e. The number of benzene rings is 1. The molecule has 0 fully saturated rings. The first-order chi connectivity index (χ1) is 8.16. The van der Waals surface area contributed by atoms with Gasteiger partial charge in [0.25, 0.3) is 0 Å². The maximum atomic E-state index is 11.6. The van der Waals surface area contributed by atoms with Gasteiger partial charge in [0.2, 0.25) is 24.2 Å². The molecule has 2 heterocycles. The van der Waals surface area contributed by atoms with Gasteiger partial charge in [0.05, 0.1) is 0 Å². The largest absolute Gasteiger partial charge is 0.501 e. The molecule has 88 valence electrons. The normalized spacial score (nSPS) is 21.9. The summed E-state index contributed by atoms with van der Waals surface area (Å²) in [5.74, 6) is -0.181. The summed E-state index contributed by atoms with van der Waals surface area (Å²) < 4.78 is 15.4. The van der Waals surface area contributed by atoms with Gasteiger partial charge in [-0.15, -0.1) is 0 Å². The van der Waals surface area contributed by atoms with E-state index in [2.05, 4.69) is 0 Å². The molecule has 0 amide bonds. The highest BCUT2D eigenvalue weighted by atomic mass is 16.7. The van der Waals surface area contributed by atoms with E-state index < -0.39 is 17.6 Å². The van der Waals surface area contributed by atoms with E-state index in [1.165, 1.54) is 0 Å². The second-order valence-electron chi connectivity index (χ2n) is 3.69. The fourth-order valence-electron chi connectivity index (χ4n) is 1.78. The molecule has 1 atom stereocenters. The van der Waals surface area contributed by atoms with E-state index >= 15 is 0 Å². The summed E-state index contributed by atoms with van der Waals surface area (Å²) in [5.41, 5.74) is 5.90. The second kappa shape index (κ2) is 3.31. The monoisotopic (exact) mass is 235 g/mol. The van der Waals surface area contributed by atoms with Gasteiger partial charge in [-0.25, -0.2) is 0 Å². The summed E-state index contributed by atoms with van der Waals surface area (Å²) in [5, 5.41) is 9.32. The average Bonchev–Trinajstić information content (AvgIpc) is 2.89. The molecule has 6 heteroatoms. The molecule has 0 spiro atoms. The molecule has 2 aliphatic heterocycles. The molecule has 3 rings (SSSR count). The van der Waals surface area contributed by atoms with Crippen LogP contribution in [0.3, 0.4) is 0 Å². The Bertz CT molecular complexity index is 537. The van der Waals surface area contributed by atoms with Gasteiger partial charge in [-0.2, -0.15) is 0 Å². The van der Waals surface area contributed by atoms with Crippen molar-refractivity contribution >= 4 is 5.78 Å². The fourth-order valence-corrected chi connectivity index (χ4v) is 1.78. The van der Waals surface area contributed by atoms with Crippen LogP contribution in [-0.2, 0) is 9.53 Å². The molecule has 1 aromatic rings. The Morgan fingerprint density at radius 3 is 2.76 bits per heavy atom. The van der Waals surface area contributed by atoms with Crippen molar-refractivity contribution in [1.82, 2.24) is 0 Å². The van der Waals surface area contributed by atoms with E-state index in [9.17, 15) is 9.90 Å². The van der Waals surface area contributed by atoms with Crippen molar-refractivity contribution in [2.75, 3.05) is 6.79 Å². The molecule has 0 saturated carbocycles. The fraction of sp³-hybridized carbons (Fsp3) is 0.182. The second-order valence-corrected chi connectivity index (χ2v) is 3.69. The summed E-state index contributed by atoms with van der Waals surface area (Å²) in [6.45, 7) is 0.157. The third kappa shape index (κ3) is 1.37. The number of hydrogen-bond acceptors (Lipinski definition) is 6. The van der Waals surface area contributed by atoms with Gasteiger partial charge in [-0.3, -0.25) is 4.79 Å². The van der Waals surface area contributed by atoms with Crippen LogP contribution < -0.4 is 15.2 Å². The predicted octanol–water partition coefficient (Wildman–Crippen LogP) is 0.742. The molecule has 0 aromatic heterocycles. The summed E-state index contributed by atoms with van der Waals surface area (Å²) in [6.07, 6.45) is -0.913. The Hall–Kier alpha value is -2.37. The number of aliphatic hydroxyl groups excluding tert-OH is 1. The zero-order chi connectivity index (χ0) is 12.0. The molecule has 3 N–H and O–H groups in total. The summed E-state index contributed by atoms with van der Waals surface area (Å²) >= 11 is 0. The quantitative estimate of drug-likeness (QED) is 0.746. The van der Waals surface area contributed by atoms with Gasteiger partial charge in [0.15, 0.2) is 17.6 Å². The molecule has 0 aliphatic carbocycles. The van der Waals surface area contributed by atoms with E-state index in [0.29, 0.717) is 17.1 Å². The van der Waals surface area contributed by atoms with Crippen LogP contribution in [0.2, 0.25) is 0 Å². The number of carbonyl (C=O) groups is 1. The van der Waals surface area contributed by atoms with Crippen molar-refractivity contribution < 1.29 is 24.1 Å². The molecule has 1 unspecified atom stereocenters. The number of fused-ring (bicyclic) bond motifs is 1. The molecule has 0 bridgehead atoms. The molecular formula is C11H9NO5. The Labute approximate surface area is 96.2 Å². The van der Waals surface area contributed by atoms with E-state index in [1.807, 2.05) is 0 Å². The minimum absolute atomic E-state index is 0.157. The first-order valence-corrected chi connectivity index (χ1v) is 4.96. The Balaban J connectivity index is 1.94. The number of aliphatic hydroxyl groups is 1. The summed E-state index contributed by atoms with van der Waals surface area (Å²) in [7, 11) is 0. The SMILES string of the molecule is NC1=C(O)C(=O)C(c2ccc3c(c2)OCO3)O1. The lowest BCUT2D eigenvalue weighted by molar-refractivity contribution is -0.123. The lowest BCUT2D eigenvalue weighted by atomic mass is 10.1. The standard InChI is InChI=1S/C11H9NO5/c12-11-9(14)8(13)10(17-11)5-1-2-6-7(3-5)16-4-15-6/h1-3,10,14H,4,12H2. The maximum absolute atomic E-state index is 11.6. The topological polar surface area (TPSA) is 91.0 Å². The van der Waals surface area contributed by atoms with Crippen LogP contribution in [0.5, 0.6) is 11.5 Å². The Morgan fingerprint density at radius 2 is 2.06 bits per heavy atom. The van der Waals surface area contributed by atoms with Gasteiger partial charge in [0, 0.05) is 5.56 Å². The van der Waals surface area contributed by atoms with E-state index in [4.69, 9.17) is 19.9 Å². The van der Waals surface area contributed by atoms with Crippen molar-refractivity contribution in [1.29, 1.82) is 0 Å². The van der Waals surface area contributed by atoms with Crippen molar-refractivity contribution in [3.63, 3.8) is 0 Å². The minimum Gasteiger partial charge on any atom is -0.501 e. The van der Waals surface area contributed by atoms with Crippen LogP contribution in [0.15, 0.2) is 29.8 Å². The van der Waals surface area contributed by atoms with Crippen molar-refractivity contribution in [2.24, 2.45) is 5.73 Å². The van der Waals surface area contributed by atoms with Gasteiger partial charge in [-0.1, -0.05) is 6.07 Å². The highest BCUT2D eigenvalue weighted by Crippen LogP contribution is 2.37. The van der Waals surface area contributed by atoms with E-state index in [-0.39, 0.29) is 12.7 Å². The molecule has 1 aromatic carbocycles. The predicted molar refractivity (Wildman–Crippen MR) is 55.2 cm³/mol. The first kappa shape index (κ1) is 9.83. The molecule has 0 saturated heterocycles. The van der Waals surface area contributed by atoms with E-state index in [1.54, 1.807) is 18.2 Å². The third-order valence-electron chi connectivity index (χ3n) is 2.65. The van der Waals surface area contributed by atoms with Crippen LogP contribution in [0.1, 0.15) is 11.7 Å². The minimum atomic E-state index is -0.913. The molecular weight excluding hydrogens is 226 g/mol. The number of ketones is 1. The highest BCUT2D eigenvalue weighted by molar-refractivity contribution is 5.99. The molecule has 17 heavy (non-hydrogen) atoms. The molecule has 0 radical (unpaired) electrons. The van der Waals surface area contributed by atoms with E-state index in [0.717, 1.165) is 0 Å². The Morgan fingerprint density at radius 1 is 1.29 bits per heavy atom. The first-order valence-electron chi connectivity index (χ1n) is 4.96. The third-order valence-corrected chi connectivity index (χ3v) is 2.65. The molecule has 2 aliphatic rings. The van der Waals surface area contributed by atoms with Crippen molar-refractivity contribution in [3.05, 3.63) is 35.4 Å². The zero-order valence-electron chi connectivity index (χ0n) is 8.67. The molecule has 6 nitrogen and oxygen atoms in total. The van der Waals surface area contributed by atoms with Gasteiger partial charge in [-0.05, 0) is 12.1 Å². The van der Waals surface area contributed by atoms with Crippen molar-refractivity contribution in [2.45, 2.75) is 6.10 Å². The van der Waals surface area contributed by atoms with Crippen LogP contribution >= 0.6 is 0 Å². The zero-order valence-corrected chi connectivity index (χ0v) is 8.67. The number of nitrogens with two attached hydrogens (primary N) is 1. The number of hydrogen-bond donors (Lipinski definition) is 2. The smallest absolute Gasteiger partial charge is 0.247 e. The van der Waals surface area contributed by atoms with Crippen molar-refractivity contribution in [3.8, 4) is 11.5 Å². The average molecular weight is 235 g/mol. The lowest BCUT2D eigenvalue weighted by Gasteiger charge is -2.10. The number of carbonyl (C=O) groups excluding carboxylic acids is 1. The van der Waals surface area contributed by atoms with Crippen LogP contribution in [-0.4, -0.2) is 17.7 Å². The van der Waals surface area contributed by atoms with Gasteiger partial charge >= 0.3 is 0 Å². The Kier molecular flexibility index (Phi) is 1.91. The summed E-state index contributed by atoms with van der Waals surface area (Å²) in [6, 6.07) is 4.98. The summed E-state index contributed by atoms with van der Waals surface area (Å²) in [4.78, 5) is 11.6. The lowest BCUT2D eigenvalue weighted by Crippen LogP contribution is -2.09. The van der Waals surface area contributed by atoms with Crippen LogP contribution in [0, 0.1) is 0 Å². The van der Waals surface area contributed by atoms with Crippen LogP contribution in [0.25, 0.3) is 0 Å². The van der Waals surface area contributed by atoms with Gasteiger partial charge < -0.3 is 25.1 Å². The van der Waals surface area contributed by atoms with Crippen LogP contribution in [0.4, 0.5) is 0 Å². The number of rotatable bonds is 1.